The van der Waals surface area contributed by atoms with Gasteiger partial charge in [0.2, 0.25) is 0 Å². The lowest BCUT2D eigenvalue weighted by Gasteiger charge is -2.11. The van der Waals surface area contributed by atoms with Crippen LogP contribution in [0.4, 0.5) is 18.9 Å². The van der Waals surface area contributed by atoms with E-state index in [1.54, 1.807) is 0 Å². The average Bonchev–Trinajstić information content (AvgIpc) is 2.77. The van der Waals surface area contributed by atoms with Crippen molar-refractivity contribution in [3.8, 4) is 0 Å². The number of aryl methyl sites for hydroxylation is 1. The van der Waals surface area contributed by atoms with E-state index < -0.39 is 17.6 Å². The van der Waals surface area contributed by atoms with Crippen molar-refractivity contribution in [2.45, 2.75) is 13.1 Å². The Hall–Kier alpha value is -2.09. The molecule has 2 N–H and O–H groups in total. The van der Waals surface area contributed by atoms with Gasteiger partial charge in [-0.05, 0) is 25.1 Å². The molecule has 0 saturated carbocycles. The standard InChI is InChI=1S/C11H8ClF3N4O/c1-5-9(18-19-17-5)10(20)16-8-4-6(11(13,14)15)2-3-7(8)12/h2-4H,1H3,(H,16,20)(H,17,18,19). The lowest BCUT2D eigenvalue weighted by Crippen LogP contribution is -2.15. The van der Waals surface area contributed by atoms with Crippen LogP contribution in [0.1, 0.15) is 21.7 Å². The van der Waals surface area contributed by atoms with Crippen LogP contribution in [0.25, 0.3) is 0 Å². The molecule has 0 aliphatic rings. The maximum absolute atomic E-state index is 12.6. The molecule has 106 valence electrons. The van der Waals surface area contributed by atoms with E-state index in [2.05, 4.69) is 20.7 Å². The van der Waals surface area contributed by atoms with Crippen molar-refractivity contribution in [2.24, 2.45) is 0 Å². The predicted molar refractivity (Wildman–Crippen MR) is 65.5 cm³/mol. The third-order valence-electron chi connectivity index (χ3n) is 2.48. The topological polar surface area (TPSA) is 70.7 Å². The molecule has 0 atom stereocenters. The number of hydrogen-bond acceptors (Lipinski definition) is 3. The number of alkyl halides is 3. The molecule has 1 heterocycles. The van der Waals surface area contributed by atoms with E-state index in [9.17, 15) is 18.0 Å². The first-order valence-electron chi connectivity index (χ1n) is 5.34. The number of H-pyrrole nitrogens is 1. The number of hydrogen-bond donors (Lipinski definition) is 2. The summed E-state index contributed by atoms with van der Waals surface area (Å²) in [5, 5.41) is 11.8. The highest BCUT2D eigenvalue weighted by Gasteiger charge is 2.31. The first-order valence-corrected chi connectivity index (χ1v) is 5.72. The van der Waals surface area contributed by atoms with Gasteiger partial charge in [-0.1, -0.05) is 11.6 Å². The zero-order valence-corrected chi connectivity index (χ0v) is 10.8. The Morgan fingerprint density at radius 3 is 2.60 bits per heavy atom. The molecule has 0 saturated heterocycles. The molecule has 0 unspecified atom stereocenters. The van der Waals surface area contributed by atoms with Gasteiger partial charge in [-0.2, -0.15) is 28.6 Å². The second-order valence-corrected chi connectivity index (χ2v) is 4.31. The van der Waals surface area contributed by atoms with Crippen LogP contribution in [0.15, 0.2) is 18.2 Å². The number of carbonyl (C=O) groups is 1. The van der Waals surface area contributed by atoms with Crippen LogP contribution in [0, 0.1) is 6.92 Å². The second kappa shape index (κ2) is 5.12. The average molecular weight is 305 g/mol. The van der Waals surface area contributed by atoms with Crippen molar-refractivity contribution in [3.63, 3.8) is 0 Å². The van der Waals surface area contributed by atoms with Gasteiger partial charge >= 0.3 is 6.18 Å². The summed E-state index contributed by atoms with van der Waals surface area (Å²) in [6.07, 6.45) is -4.52. The largest absolute Gasteiger partial charge is 0.416 e. The first kappa shape index (κ1) is 14.3. The summed E-state index contributed by atoms with van der Waals surface area (Å²) in [6, 6.07) is 2.66. The molecule has 0 radical (unpaired) electrons. The number of nitrogens with one attached hydrogen (secondary N) is 2. The number of amides is 1. The molecule has 20 heavy (non-hydrogen) atoms. The van der Waals surface area contributed by atoms with Gasteiger partial charge in [-0.25, -0.2) is 0 Å². The van der Waals surface area contributed by atoms with E-state index in [0.717, 1.165) is 18.2 Å². The fourth-order valence-corrected chi connectivity index (χ4v) is 1.64. The van der Waals surface area contributed by atoms with Gasteiger partial charge < -0.3 is 5.32 Å². The summed E-state index contributed by atoms with van der Waals surface area (Å²) in [4.78, 5) is 11.8. The molecule has 0 bridgehead atoms. The number of anilines is 1. The molecule has 1 amide bonds. The Morgan fingerprint density at radius 2 is 2.05 bits per heavy atom. The van der Waals surface area contributed by atoms with Gasteiger partial charge in [-0.3, -0.25) is 4.79 Å². The van der Waals surface area contributed by atoms with Crippen molar-refractivity contribution < 1.29 is 18.0 Å². The number of carbonyl (C=O) groups excluding carboxylic acids is 1. The van der Waals surface area contributed by atoms with Gasteiger partial charge in [0.1, 0.15) is 0 Å². The molecule has 2 aromatic rings. The van der Waals surface area contributed by atoms with Gasteiger partial charge in [0.05, 0.1) is 22.0 Å². The number of rotatable bonds is 2. The summed E-state index contributed by atoms with van der Waals surface area (Å²) < 4.78 is 37.8. The van der Waals surface area contributed by atoms with Crippen LogP contribution in [-0.2, 0) is 6.18 Å². The van der Waals surface area contributed by atoms with Crippen molar-refractivity contribution >= 4 is 23.2 Å². The lowest BCUT2D eigenvalue weighted by molar-refractivity contribution is -0.137. The molecule has 0 aliphatic carbocycles. The monoisotopic (exact) mass is 304 g/mol. The van der Waals surface area contributed by atoms with Crippen LogP contribution in [-0.4, -0.2) is 21.3 Å². The summed E-state index contributed by atoms with van der Waals surface area (Å²) in [6.45, 7) is 1.53. The molecule has 2 rings (SSSR count). The van der Waals surface area contributed by atoms with E-state index in [0.29, 0.717) is 5.69 Å². The number of halogens is 4. The van der Waals surface area contributed by atoms with Crippen LogP contribution < -0.4 is 5.32 Å². The minimum Gasteiger partial charge on any atom is -0.319 e. The third kappa shape index (κ3) is 2.90. The second-order valence-electron chi connectivity index (χ2n) is 3.90. The highest BCUT2D eigenvalue weighted by Crippen LogP contribution is 2.33. The van der Waals surface area contributed by atoms with Crippen LogP contribution in [0.2, 0.25) is 5.02 Å². The fourth-order valence-electron chi connectivity index (χ4n) is 1.48. The number of aromatic nitrogens is 3. The highest BCUT2D eigenvalue weighted by atomic mass is 35.5. The van der Waals surface area contributed by atoms with Gasteiger partial charge in [0.15, 0.2) is 5.69 Å². The van der Waals surface area contributed by atoms with Crippen LogP contribution in [0.5, 0.6) is 0 Å². The number of aromatic amines is 1. The molecule has 1 aromatic heterocycles. The van der Waals surface area contributed by atoms with Gasteiger partial charge in [0, 0.05) is 0 Å². The summed E-state index contributed by atoms with van der Waals surface area (Å²) >= 11 is 5.77. The maximum Gasteiger partial charge on any atom is 0.416 e. The van der Waals surface area contributed by atoms with Crippen molar-refractivity contribution in [1.29, 1.82) is 0 Å². The molecule has 5 nitrogen and oxygen atoms in total. The van der Waals surface area contributed by atoms with E-state index in [1.807, 2.05) is 0 Å². The lowest BCUT2D eigenvalue weighted by atomic mass is 10.2. The molecule has 0 fully saturated rings. The Balaban J connectivity index is 2.30. The van der Waals surface area contributed by atoms with Crippen LogP contribution in [0.3, 0.4) is 0 Å². The zero-order chi connectivity index (χ0) is 14.9. The molecular weight excluding hydrogens is 297 g/mol. The highest BCUT2D eigenvalue weighted by molar-refractivity contribution is 6.33. The van der Waals surface area contributed by atoms with Crippen LogP contribution >= 0.6 is 11.6 Å². The Kier molecular flexibility index (Phi) is 3.67. The molecule has 0 aliphatic heterocycles. The van der Waals surface area contributed by atoms with E-state index in [4.69, 9.17) is 11.6 Å². The minimum absolute atomic E-state index is 0.00695. The molecule has 0 spiro atoms. The minimum atomic E-state index is -4.52. The normalized spacial score (nSPS) is 11.4. The fraction of sp³-hybridized carbons (Fsp3) is 0.182. The van der Waals surface area contributed by atoms with E-state index in [-0.39, 0.29) is 16.4 Å². The maximum atomic E-state index is 12.6. The van der Waals surface area contributed by atoms with E-state index in [1.165, 1.54) is 6.92 Å². The quantitative estimate of drug-likeness (QED) is 0.896. The van der Waals surface area contributed by atoms with Gasteiger partial charge in [-0.15, -0.1) is 0 Å². The van der Waals surface area contributed by atoms with Gasteiger partial charge in [0.25, 0.3) is 5.91 Å². The molecule has 9 heteroatoms. The Morgan fingerprint density at radius 1 is 1.35 bits per heavy atom. The predicted octanol–water partition coefficient (Wildman–Crippen LogP) is 3.04. The Bertz CT molecular complexity index is 653. The number of benzene rings is 1. The third-order valence-corrected chi connectivity index (χ3v) is 2.81. The van der Waals surface area contributed by atoms with E-state index >= 15 is 0 Å². The smallest absolute Gasteiger partial charge is 0.319 e. The number of nitrogens with zero attached hydrogens (tertiary/aromatic N) is 2. The molecular formula is C11H8ClF3N4O. The summed E-state index contributed by atoms with van der Waals surface area (Å²) in [5.74, 6) is -0.697. The van der Waals surface area contributed by atoms with Crippen molar-refractivity contribution in [3.05, 3.63) is 40.2 Å². The SMILES string of the molecule is Cc1n[nH]nc1C(=O)Nc1cc(C(F)(F)F)ccc1Cl. The van der Waals surface area contributed by atoms with Crippen molar-refractivity contribution in [2.75, 3.05) is 5.32 Å². The Labute approximate surface area is 116 Å². The first-order chi connectivity index (χ1) is 9.29. The summed E-state index contributed by atoms with van der Waals surface area (Å²) in [5.41, 5.74) is -0.743. The van der Waals surface area contributed by atoms with Crippen molar-refractivity contribution in [1.82, 2.24) is 15.4 Å². The molecule has 1 aromatic carbocycles. The zero-order valence-electron chi connectivity index (χ0n) is 10.0. The summed E-state index contributed by atoms with van der Waals surface area (Å²) in [7, 11) is 0.